The van der Waals surface area contributed by atoms with Crippen LogP contribution in [0, 0.1) is 12.7 Å². The topological polar surface area (TPSA) is 64.7 Å². The third kappa shape index (κ3) is 4.19. The van der Waals surface area contributed by atoms with E-state index in [1.807, 2.05) is 12.1 Å². The van der Waals surface area contributed by atoms with Gasteiger partial charge in [0.2, 0.25) is 0 Å². The molecule has 0 amide bonds. The summed E-state index contributed by atoms with van der Waals surface area (Å²) >= 11 is 0. The molecule has 0 radical (unpaired) electrons. The summed E-state index contributed by atoms with van der Waals surface area (Å²) in [5.41, 5.74) is 8.06. The number of oxime groups is 1. The standard InChI is InChI=1S/C19H21FN2O2/c1-12-5-6-14(11-16(12)20)17(21)22-24-18(23)13-7-9-15(10-8-13)19(2,3)4/h5-11H,1-4H3,(H2,21,22). The number of amidine groups is 1. The zero-order chi connectivity index (χ0) is 17.9. The second kappa shape index (κ2) is 6.83. The average molecular weight is 328 g/mol. The van der Waals surface area contributed by atoms with Crippen molar-refractivity contribution in [1.29, 1.82) is 0 Å². The van der Waals surface area contributed by atoms with Crippen LogP contribution in [0.1, 0.15) is 47.8 Å². The first-order chi connectivity index (χ1) is 11.2. The molecule has 0 aromatic heterocycles. The molecule has 0 aliphatic heterocycles. The summed E-state index contributed by atoms with van der Waals surface area (Å²) in [6.45, 7) is 7.91. The Morgan fingerprint density at radius 2 is 1.67 bits per heavy atom. The molecule has 0 fully saturated rings. The monoisotopic (exact) mass is 328 g/mol. The Kier molecular flexibility index (Phi) is 5.02. The highest BCUT2D eigenvalue weighted by atomic mass is 19.1. The molecular formula is C19H21FN2O2. The van der Waals surface area contributed by atoms with Gasteiger partial charge in [0, 0.05) is 5.56 Å². The Labute approximate surface area is 141 Å². The number of carbonyl (C=O) groups is 1. The lowest BCUT2D eigenvalue weighted by molar-refractivity contribution is 0.0516. The second-order valence-corrected chi connectivity index (χ2v) is 6.65. The lowest BCUT2D eigenvalue weighted by atomic mass is 9.87. The van der Waals surface area contributed by atoms with Crippen LogP contribution in [-0.4, -0.2) is 11.8 Å². The van der Waals surface area contributed by atoms with Gasteiger partial charge < -0.3 is 10.6 Å². The van der Waals surface area contributed by atoms with Crippen molar-refractivity contribution in [3.63, 3.8) is 0 Å². The van der Waals surface area contributed by atoms with Crippen LogP contribution in [0.4, 0.5) is 4.39 Å². The van der Waals surface area contributed by atoms with Gasteiger partial charge in [0.25, 0.3) is 0 Å². The molecule has 24 heavy (non-hydrogen) atoms. The fourth-order valence-corrected chi connectivity index (χ4v) is 2.05. The minimum absolute atomic E-state index is 0.000525. The molecule has 5 heteroatoms. The molecule has 0 saturated heterocycles. The summed E-state index contributed by atoms with van der Waals surface area (Å²) in [5, 5.41) is 3.59. The van der Waals surface area contributed by atoms with Crippen LogP contribution < -0.4 is 5.73 Å². The summed E-state index contributed by atoms with van der Waals surface area (Å²) < 4.78 is 13.5. The second-order valence-electron chi connectivity index (χ2n) is 6.65. The van der Waals surface area contributed by atoms with Crippen molar-refractivity contribution in [1.82, 2.24) is 0 Å². The first-order valence-electron chi connectivity index (χ1n) is 7.60. The zero-order valence-electron chi connectivity index (χ0n) is 14.3. The molecule has 126 valence electrons. The lowest BCUT2D eigenvalue weighted by Crippen LogP contribution is -2.16. The van der Waals surface area contributed by atoms with Crippen LogP contribution in [0.5, 0.6) is 0 Å². The number of benzene rings is 2. The van der Waals surface area contributed by atoms with E-state index in [1.165, 1.54) is 6.07 Å². The van der Waals surface area contributed by atoms with Crippen molar-refractivity contribution in [2.24, 2.45) is 10.9 Å². The molecule has 0 spiro atoms. The van der Waals surface area contributed by atoms with Crippen molar-refractivity contribution in [2.75, 3.05) is 0 Å². The van der Waals surface area contributed by atoms with E-state index < -0.39 is 11.8 Å². The summed E-state index contributed by atoms with van der Waals surface area (Å²) in [6, 6.07) is 11.6. The van der Waals surface area contributed by atoms with Crippen molar-refractivity contribution < 1.29 is 14.0 Å². The SMILES string of the molecule is Cc1ccc(C(N)=NOC(=O)c2ccc(C(C)(C)C)cc2)cc1F. The molecule has 4 nitrogen and oxygen atoms in total. The van der Waals surface area contributed by atoms with Crippen LogP contribution >= 0.6 is 0 Å². The zero-order valence-corrected chi connectivity index (χ0v) is 14.3. The largest absolute Gasteiger partial charge is 0.380 e. The van der Waals surface area contributed by atoms with Gasteiger partial charge in [-0.3, -0.25) is 0 Å². The van der Waals surface area contributed by atoms with Gasteiger partial charge in [-0.15, -0.1) is 0 Å². The Balaban J connectivity index is 2.10. The molecule has 0 bridgehead atoms. The molecule has 0 aliphatic rings. The highest BCUT2D eigenvalue weighted by molar-refractivity contribution is 5.98. The van der Waals surface area contributed by atoms with Gasteiger partial charge in [0.05, 0.1) is 5.56 Å². The van der Waals surface area contributed by atoms with Gasteiger partial charge in [-0.25, -0.2) is 9.18 Å². The number of hydrogen-bond donors (Lipinski definition) is 1. The normalized spacial score (nSPS) is 12.1. The van der Waals surface area contributed by atoms with Gasteiger partial charge in [0.15, 0.2) is 5.84 Å². The number of halogens is 1. The fraction of sp³-hybridized carbons (Fsp3) is 0.263. The fourth-order valence-electron chi connectivity index (χ4n) is 2.05. The predicted molar refractivity (Wildman–Crippen MR) is 92.4 cm³/mol. The Morgan fingerprint density at radius 1 is 1.08 bits per heavy atom. The van der Waals surface area contributed by atoms with Crippen LogP contribution in [0.2, 0.25) is 0 Å². The van der Waals surface area contributed by atoms with Gasteiger partial charge >= 0.3 is 5.97 Å². The van der Waals surface area contributed by atoms with E-state index in [0.717, 1.165) is 5.56 Å². The van der Waals surface area contributed by atoms with Crippen LogP contribution in [0.15, 0.2) is 47.6 Å². The smallest absolute Gasteiger partial charge is 0.365 e. The molecular weight excluding hydrogens is 307 g/mol. The van der Waals surface area contributed by atoms with Gasteiger partial charge in [-0.1, -0.05) is 50.2 Å². The highest BCUT2D eigenvalue weighted by Crippen LogP contribution is 2.22. The maximum Gasteiger partial charge on any atom is 0.365 e. The van der Waals surface area contributed by atoms with E-state index >= 15 is 0 Å². The van der Waals surface area contributed by atoms with Crippen LogP contribution in [-0.2, 0) is 10.3 Å². The maximum absolute atomic E-state index is 13.5. The van der Waals surface area contributed by atoms with Crippen LogP contribution in [0.3, 0.4) is 0 Å². The van der Waals surface area contributed by atoms with Gasteiger partial charge in [-0.2, -0.15) is 0 Å². The lowest BCUT2D eigenvalue weighted by Gasteiger charge is -2.18. The number of aryl methyl sites for hydroxylation is 1. The van der Waals surface area contributed by atoms with E-state index in [2.05, 4.69) is 25.9 Å². The molecule has 0 unspecified atom stereocenters. The van der Waals surface area contributed by atoms with E-state index in [0.29, 0.717) is 16.7 Å². The first kappa shape index (κ1) is 17.7. The molecule has 0 saturated carbocycles. The number of nitrogens with zero attached hydrogens (tertiary/aromatic N) is 1. The average Bonchev–Trinajstić information content (AvgIpc) is 2.54. The predicted octanol–water partition coefficient (Wildman–Crippen LogP) is 3.91. The number of hydrogen-bond acceptors (Lipinski definition) is 3. The van der Waals surface area contributed by atoms with Crippen molar-refractivity contribution in [3.8, 4) is 0 Å². The molecule has 2 rings (SSSR count). The summed E-state index contributed by atoms with van der Waals surface area (Å²) in [7, 11) is 0. The number of nitrogens with two attached hydrogens (primary N) is 1. The molecule has 2 aromatic carbocycles. The van der Waals surface area contributed by atoms with Gasteiger partial charge in [-0.05, 0) is 41.7 Å². The summed E-state index contributed by atoms with van der Waals surface area (Å²) in [5.74, 6) is -1.07. The van der Waals surface area contributed by atoms with E-state index in [-0.39, 0.29) is 11.3 Å². The van der Waals surface area contributed by atoms with E-state index in [4.69, 9.17) is 10.6 Å². The molecule has 0 atom stereocenters. The van der Waals surface area contributed by atoms with E-state index in [9.17, 15) is 9.18 Å². The van der Waals surface area contributed by atoms with Crippen molar-refractivity contribution in [2.45, 2.75) is 33.1 Å². The molecule has 2 aromatic rings. The third-order valence-electron chi connectivity index (χ3n) is 3.68. The molecule has 0 heterocycles. The van der Waals surface area contributed by atoms with Crippen molar-refractivity contribution >= 4 is 11.8 Å². The Hall–Kier alpha value is -2.69. The Morgan fingerprint density at radius 3 is 2.21 bits per heavy atom. The minimum Gasteiger partial charge on any atom is -0.380 e. The Bertz CT molecular complexity index is 775. The summed E-state index contributed by atoms with van der Waals surface area (Å²) in [4.78, 5) is 16.8. The number of carbonyl (C=O) groups excluding carboxylic acids is 1. The molecule has 2 N–H and O–H groups in total. The van der Waals surface area contributed by atoms with E-state index in [1.54, 1.807) is 31.2 Å². The van der Waals surface area contributed by atoms with Crippen molar-refractivity contribution in [3.05, 3.63) is 70.5 Å². The number of rotatable bonds is 3. The molecule has 0 aliphatic carbocycles. The quantitative estimate of drug-likeness (QED) is 0.402. The third-order valence-corrected chi connectivity index (χ3v) is 3.68. The first-order valence-corrected chi connectivity index (χ1v) is 7.60. The summed E-state index contributed by atoms with van der Waals surface area (Å²) in [6.07, 6.45) is 0. The highest BCUT2D eigenvalue weighted by Gasteiger charge is 2.15. The van der Waals surface area contributed by atoms with Crippen LogP contribution in [0.25, 0.3) is 0 Å². The minimum atomic E-state index is -0.619. The maximum atomic E-state index is 13.5. The van der Waals surface area contributed by atoms with Gasteiger partial charge in [0.1, 0.15) is 5.82 Å².